The largest absolute Gasteiger partial charge is 0.324 e. The van der Waals surface area contributed by atoms with Gasteiger partial charge in [0.25, 0.3) is 5.56 Å². The van der Waals surface area contributed by atoms with E-state index in [1.165, 1.54) is 24.3 Å². The van der Waals surface area contributed by atoms with E-state index in [1.54, 1.807) is 0 Å². The summed E-state index contributed by atoms with van der Waals surface area (Å²) in [6.45, 7) is 0. The zero-order valence-corrected chi connectivity index (χ0v) is 12.1. The van der Waals surface area contributed by atoms with Crippen LogP contribution in [0.2, 0.25) is 5.02 Å². The van der Waals surface area contributed by atoms with Gasteiger partial charge in [0.15, 0.2) is 0 Å². The summed E-state index contributed by atoms with van der Waals surface area (Å²) in [6, 6.07) is 14.7. The molecule has 2 aromatic carbocycles. The first-order valence-electron chi connectivity index (χ1n) is 6.51. The molecule has 0 aliphatic carbocycles. The summed E-state index contributed by atoms with van der Waals surface area (Å²) in [7, 11) is 0. The molecule has 0 saturated carbocycles. The molecule has 22 heavy (non-hydrogen) atoms. The molecule has 0 saturated heterocycles. The molecule has 3 aromatic rings. The van der Waals surface area contributed by atoms with Crippen molar-refractivity contribution in [3.05, 3.63) is 75.8 Å². The summed E-state index contributed by atoms with van der Waals surface area (Å²) < 4.78 is 13.1. The summed E-state index contributed by atoms with van der Waals surface area (Å²) >= 11 is 5.95. The summed E-state index contributed by atoms with van der Waals surface area (Å²) in [5.74, 6) is -0.199. The lowest BCUT2D eigenvalue weighted by Crippen LogP contribution is -2.10. The first-order chi connectivity index (χ1) is 10.6. The minimum Gasteiger partial charge on any atom is -0.324 e. The summed E-state index contributed by atoms with van der Waals surface area (Å²) in [5, 5.41) is 3.09. The Balaban J connectivity index is 1.98. The molecule has 0 aliphatic rings. The maximum absolute atomic E-state index is 13.1. The number of aromatic amines is 1. The molecule has 6 heteroatoms. The number of nitrogens with one attached hydrogen (secondary N) is 2. The highest BCUT2D eigenvalue weighted by Crippen LogP contribution is 2.25. The zero-order chi connectivity index (χ0) is 15.5. The van der Waals surface area contributed by atoms with Gasteiger partial charge in [-0.25, -0.2) is 9.37 Å². The number of anilines is 2. The monoisotopic (exact) mass is 315 g/mol. The fourth-order valence-electron chi connectivity index (χ4n) is 1.99. The summed E-state index contributed by atoms with van der Waals surface area (Å²) in [4.78, 5) is 18.7. The summed E-state index contributed by atoms with van der Waals surface area (Å²) in [5.41, 5.74) is 1.51. The van der Waals surface area contributed by atoms with Gasteiger partial charge in [-0.3, -0.25) is 9.78 Å². The van der Waals surface area contributed by atoms with Crippen molar-refractivity contribution in [1.29, 1.82) is 0 Å². The third-order valence-electron chi connectivity index (χ3n) is 3.00. The van der Waals surface area contributed by atoms with Gasteiger partial charge in [0.05, 0.1) is 16.4 Å². The molecule has 4 nitrogen and oxygen atoms in total. The van der Waals surface area contributed by atoms with E-state index in [-0.39, 0.29) is 16.5 Å². The lowest BCUT2D eigenvalue weighted by atomic mass is 10.1. The second-order valence-corrected chi connectivity index (χ2v) is 5.00. The van der Waals surface area contributed by atoms with Crippen LogP contribution < -0.4 is 10.9 Å². The first-order valence-corrected chi connectivity index (χ1v) is 6.88. The Kier molecular flexibility index (Phi) is 3.89. The Labute approximate surface area is 130 Å². The van der Waals surface area contributed by atoms with Gasteiger partial charge in [-0.05, 0) is 18.2 Å². The van der Waals surface area contributed by atoms with Crippen LogP contribution in [-0.4, -0.2) is 9.97 Å². The van der Waals surface area contributed by atoms with Crippen LogP contribution >= 0.6 is 11.6 Å². The third-order valence-corrected chi connectivity index (χ3v) is 3.31. The Bertz CT molecular complexity index is 865. The van der Waals surface area contributed by atoms with Crippen LogP contribution in [0.25, 0.3) is 11.3 Å². The van der Waals surface area contributed by atoms with E-state index < -0.39 is 5.82 Å². The number of hydrogen-bond donors (Lipinski definition) is 2. The maximum Gasteiger partial charge on any atom is 0.252 e. The molecule has 0 aliphatic heterocycles. The molecule has 1 aromatic heterocycles. The van der Waals surface area contributed by atoms with Crippen molar-refractivity contribution in [2.45, 2.75) is 0 Å². The van der Waals surface area contributed by atoms with Crippen molar-refractivity contribution >= 4 is 23.2 Å². The minimum absolute atomic E-state index is 0.202. The van der Waals surface area contributed by atoms with Crippen LogP contribution in [0, 0.1) is 5.82 Å². The van der Waals surface area contributed by atoms with E-state index >= 15 is 0 Å². The smallest absolute Gasteiger partial charge is 0.252 e. The van der Waals surface area contributed by atoms with Gasteiger partial charge in [0, 0.05) is 11.6 Å². The average Bonchev–Trinajstić information content (AvgIpc) is 2.50. The van der Waals surface area contributed by atoms with Crippen molar-refractivity contribution in [2.24, 2.45) is 0 Å². The second-order valence-electron chi connectivity index (χ2n) is 4.59. The number of halogens is 2. The van der Waals surface area contributed by atoms with Crippen LogP contribution in [0.15, 0.2) is 59.4 Å². The Hall–Kier alpha value is -2.66. The van der Waals surface area contributed by atoms with Gasteiger partial charge in [0.2, 0.25) is 5.95 Å². The fraction of sp³-hybridized carbons (Fsp3) is 0. The Morgan fingerprint density at radius 2 is 1.86 bits per heavy atom. The SMILES string of the molecule is O=c1cc(-c2ccccc2)nc(Nc2ccc(F)cc2Cl)[nH]1. The molecule has 110 valence electrons. The fourth-order valence-corrected chi connectivity index (χ4v) is 2.21. The normalized spacial score (nSPS) is 10.5. The highest BCUT2D eigenvalue weighted by molar-refractivity contribution is 6.33. The van der Waals surface area contributed by atoms with E-state index in [9.17, 15) is 9.18 Å². The van der Waals surface area contributed by atoms with Crippen molar-refractivity contribution < 1.29 is 4.39 Å². The lowest BCUT2D eigenvalue weighted by molar-refractivity contribution is 0.628. The predicted molar refractivity (Wildman–Crippen MR) is 85.0 cm³/mol. The van der Waals surface area contributed by atoms with E-state index in [0.29, 0.717) is 11.4 Å². The topological polar surface area (TPSA) is 57.8 Å². The molecule has 3 rings (SSSR count). The van der Waals surface area contributed by atoms with Crippen LogP contribution in [0.5, 0.6) is 0 Å². The number of rotatable bonds is 3. The molecule has 0 bridgehead atoms. The van der Waals surface area contributed by atoms with Crippen LogP contribution in [0.3, 0.4) is 0 Å². The Morgan fingerprint density at radius 3 is 2.59 bits per heavy atom. The molecule has 0 unspecified atom stereocenters. The first kappa shape index (κ1) is 14.3. The van der Waals surface area contributed by atoms with E-state index in [2.05, 4.69) is 15.3 Å². The zero-order valence-electron chi connectivity index (χ0n) is 11.3. The van der Waals surface area contributed by atoms with Gasteiger partial charge < -0.3 is 5.32 Å². The number of hydrogen-bond acceptors (Lipinski definition) is 3. The molecular formula is C16H11ClFN3O. The van der Waals surface area contributed by atoms with Crippen molar-refractivity contribution in [3.8, 4) is 11.3 Å². The van der Waals surface area contributed by atoms with Gasteiger partial charge in [-0.1, -0.05) is 41.9 Å². The molecule has 0 radical (unpaired) electrons. The molecular weight excluding hydrogens is 305 g/mol. The molecule has 0 fully saturated rings. The molecule has 1 heterocycles. The lowest BCUT2D eigenvalue weighted by Gasteiger charge is -2.09. The average molecular weight is 316 g/mol. The van der Waals surface area contributed by atoms with Crippen LogP contribution in [0.1, 0.15) is 0 Å². The predicted octanol–water partition coefficient (Wildman–Crippen LogP) is 3.97. The van der Waals surface area contributed by atoms with Gasteiger partial charge in [-0.2, -0.15) is 0 Å². The number of H-pyrrole nitrogens is 1. The van der Waals surface area contributed by atoms with Gasteiger partial charge in [0.1, 0.15) is 5.82 Å². The third kappa shape index (κ3) is 3.15. The van der Waals surface area contributed by atoms with Gasteiger partial charge >= 0.3 is 0 Å². The highest BCUT2D eigenvalue weighted by Gasteiger charge is 2.07. The molecule has 0 atom stereocenters. The van der Waals surface area contributed by atoms with Crippen molar-refractivity contribution in [1.82, 2.24) is 9.97 Å². The standard InChI is InChI=1S/C16H11ClFN3O/c17-12-8-11(18)6-7-13(12)19-16-20-14(9-15(22)21-16)10-4-2-1-3-5-10/h1-9H,(H2,19,20,21,22). The van der Waals surface area contributed by atoms with Crippen LogP contribution in [-0.2, 0) is 0 Å². The van der Waals surface area contributed by atoms with E-state index in [1.807, 2.05) is 30.3 Å². The highest BCUT2D eigenvalue weighted by atomic mass is 35.5. The Morgan fingerprint density at radius 1 is 1.09 bits per heavy atom. The number of benzene rings is 2. The minimum atomic E-state index is -0.435. The van der Waals surface area contributed by atoms with E-state index in [0.717, 1.165) is 5.56 Å². The number of nitrogens with zero attached hydrogens (tertiary/aromatic N) is 1. The molecule has 2 N–H and O–H groups in total. The van der Waals surface area contributed by atoms with Crippen LogP contribution in [0.4, 0.5) is 16.0 Å². The maximum atomic E-state index is 13.1. The number of aromatic nitrogens is 2. The van der Waals surface area contributed by atoms with Crippen molar-refractivity contribution in [2.75, 3.05) is 5.32 Å². The molecule has 0 spiro atoms. The van der Waals surface area contributed by atoms with E-state index in [4.69, 9.17) is 11.6 Å². The summed E-state index contributed by atoms with van der Waals surface area (Å²) in [6.07, 6.45) is 0. The van der Waals surface area contributed by atoms with Crippen molar-refractivity contribution in [3.63, 3.8) is 0 Å². The molecule has 0 amide bonds. The van der Waals surface area contributed by atoms with Gasteiger partial charge in [-0.15, -0.1) is 0 Å². The quantitative estimate of drug-likeness (QED) is 0.769. The second kappa shape index (κ2) is 5.99.